The maximum Gasteiger partial charge on any atom is 0.242 e. The molecule has 0 spiro atoms. The Kier molecular flexibility index (Phi) is 7.64. The van der Waals surface area contributed by atoms with Gasteiger partial charge in [0, 0.05) is 18.7 Å². The second-order valence-corrected chi connectivity index (χ2v) is 9.10. The fraction of sp³-hybridized carbons (Fsp3) is 0.321. The fourth-order valence-electron chi connectivity index (χ4n) is 4.43. The summed E-state index contributed by atoms with van der Waals surface area (Å²) in [6.07, 6.45) is 2.58. The lowest BCUT2D eigenvalue weighted by molar-refractivity contribution is -0.122. The standard InChI is InChI=1S/C28H31N5O2/c1-32(2)15-6-14-30-28(35)25-8-5-16-33(25)27-18-22(21-12-10-20(19-29)11-13-21)17-24(31-27)23-7-3-4-9-26(23)34/h3-4,7,9-13,17-18,25,34H,5-6,8,14-16H2,1-2H3,(H,30,35)/t25-/m0/s1. The Bertz CT molecular complexity index is 1220. The molecule has 0 saturated carbocycles. The number of nitriles is 1. The maximum absolute atomic E-state index is 13.0. The predicted octanol–water partition coefficient (Wildman–Crippen LogP) is 4.03. The van der Waals surface area contributed by atoms with Gasteiger partial charge in [0.05, 0.1) is 17.3 Å². The Morgan fingerprint density at radius 1 is 1.17 bits per heavy atom. The maximum atomic E-state index is 13.0. The van der Waals surface area contributed by atoms with E-state index in [9.17, 15) is 9.90 Å². The van der Waals surface area contributed by atoms with E-state index in [0.29, 0.717) is 29.2 Å². The number of nitrogens with zero attached hydrogens (tertiary/aromatic N) is 4. The monoisotopic (exact) mass is 469 g/mol. The smallest absolute Gasteiger partial charge is 0.242 e. The van der Waals surface area contributed by atoms with E-state index in [-0.39, 0.29) is 17.7 Å². The summed E-state index contributed by atoms with van der Waals surface area (Å²) in [5.74, 6) is 0.881. The first-order valence-corrected chi connectivity index (χ1v) is 12.0. The highest BCUT2D eigenvalue weighted by molar-refractivity contribution is 5.86. The lowest BCUT2D eigenvalue weighted by Crippen LogP contribution is -2.44. The number of rotatable bonds is 8. The minimum atomic E-state index is -0.282. The number of carbonyl (C=O) groups excluding carboxylic acids is 1. The topological polar surface area (TPSA) is 92.5 Å². The van der Waals surface area contributed by atoms with Crippen molar-refractivity contribution in [1.82, 2.24) is 15.2 Å². The van der Waals surface area contributed by atoms with E-state index in [4.69, 9.17) is 10.2 Å². The van der Waals surface area contributed by atoms with Crippen molar-refractivity contribution in [2.75, 3.05) is 38.6 Å². The number of hydrogen-bond donors (Lipinski definition) is 2. The van der Waals surface area contributed by atoms with E-state index in [2.05, 4.69) is 21.2 Å². The van der Waals surface area contributed by atoms with Gasteiger partial charge in [0.15, 0.2) is 0 Å². The normalized spacial score (nSPS) is 15.3. The molecule has 7 heteroatoms. The number of carbonyl (C=O) groups is 1. The molecule has 1 amide bonds. The zero-order valence-electron chi connectivity index (χ0n) is 20.2. The highest BCUT2D eigenvalue weighted by Crippen LogP contribution is 2.35. The molecule has 7 nitrogen and oxygen atoms in total. The van der Waals surface area contributed by atoms with Crippen molar-refractivity contribution >= 4 is 11.7 Å². The van der Waals surface area contributed by atoms with Crippen LogP contribution in [0.15, 0.2) is 60.7 Å². The summed E-state index contributed by atoms with van der Waals surface area (Å²) >= 11 is 0. The largest absolute Gasteiger partial charge is 0.507 e. The van der Waals surface area contributed by atoms with Crippen LogP contribution in [0.5, 0.6) is 5.75 Å². The van der Waals surface area contributed by atoms with Crippen LogP contribution in [0, 0.1) is 11.3 Å². The number of aromatic hydroxyl groups is 1. The Hall–Kier alpha value is -3.89. The van der Waals surface area contributed by atoms with E-state index in [1.165, 1.54) is 0 Å². The molecule has 0 radical (unpaired) electrons. The van der Waals surface area contributed by atoms with Crippen molar-refractivity contribution in [3.8, 4) is 34.2 Å². The van der Waals surface area contributed by atoms with Crippen LogP contribution in [-0.4, -0.2) is 60.7 Å². The van der Waals surface area contributed by atoms with Gasteiger partial charge in [0.1, 0.15) is 17.6 Å². The summed E-state index contributed by atoms with van der Waals surface area (Å²) in [6.45, 7) is 2.30. The average molecular weight is 470 g/mol. The molecular formula is C28H31N5O2. The summed E-state index contributed by atoms with van der Waals surface area (Å²) in [6, 6.07) is 20.3. The van der Waals surface area contributed by atoms with Crippen LogP contribution < -0.4 is 10.2 Å². The highest BCUT2D eigenvalue weighted by Gasteiger charge is 2.32. The van der Waals surface area contributed by atoms with Crippen molar-refractivity contribution in [3.05, 3.63) is 66.2 Å². The van der Waals surface area contributed by atoms with Crippen LogP contribution in [0.1, 0.15) is 24.8 Å². The van der Waals surface area contributed by atoms with Gasteiger partial charge in [-0.25, -0.2) is 4.98 Å². The van der Waals surface area contributed by atoms with Gasteiger partial charge in [-0.15, -0.1) is 0 Å². The third-order valence-corrected chi connectivity index (χ3v) is 6.27. The Morgan fingerprint density at radius 3 is 2.66 bits per heavy atom. The van der Waals surface area contributed by atoms with Crippen molar-refractivity contribution in [2.24, 2.45) is 0 Å². The van der Waals surface area contributed by atoms with Gasteiger partial charge in [-0.3, -0.25) is 4.79 Å². The molecule has 35 heavy (non-hydrogen) atoms. The number of pyridine rings is 1. The number of amides is 1. The second-order valence-electron chi connectivity index (χ2n) is 9.10. The summed E-state index contributed by atoms with van der Waals surface area (Å²) < 4.78 is 0. The Morgan fingerprint density at radius 2 is 1.94 bits per heavy atom. The first kappa shape index (κ1) is 24.2. The zero-order chi connectivity index (χ0) is 24.8. The van der Waals surface area contributed by atoms with E-state index >= 15 is 0 Å². The van der Waals surface area contributed by atoms with Crippen LogP contribution in [-0.2, 0) is 4.79 Å². The second kappa shape index (κ2) is 11.0. The van der Waals surface area contributed by atoms with Crippen LogP contribution >= 0.6 is 0 Å². The van der Waals surface area contributed by atoms with Crippen LogP contribution in [0.25, 0.3) is 22.4 Å². The first-order chi connectivity index (χ1) is 17.0. The van der Waals surface area contributed by atoms with Gasteiger partial charge < -0.3 is 20.2 Å². The number of phenols is 1. The Balaban J connectivity index is 1.67. The van der Waals surface area contributed by atoms with Crippen molar-refractivity contribution in [2.45, 2.75) is 25.3 Å². The molecule has 2 heterocycles. The molecule has 2 aromatic carbocycles. The first-order valence-electron chi connectivity index (χ1n) is 12.0. The third-order valence-electron chi connectivity index (χ3n) is 6.27. The van der Waals surface area contributed by atoms with Crippen LogP contribution in [0.2, 0.25) is 0 Å². The molecule has 1 aliphatic rings. The minimum absolute atomic E-state index is 0.0240. The molecule has 1 aliphatic heterocycles. The predicted molar refractivity (Wildman–Crippen MR) is 138 cm³/mol. The van der Waals surface area contributed by atoms with Crippen molar-refractivity contribution in [3.63, 3.8) is 0 Å². The molecule has 180 valence electrons. The van der Waals surface area contributed by atoms with Gasteiger partial charge in [0.2, 0.25) is 5.91 Å². The average Bonchev–Trinajstić information content (AvgIpc) is 3.37. The zero-order valence-corrected chi connectivity index (χ0v) is 20.2. The molecule has 0 unspecified atom stereocenters. The molecule has 2 N–H and O–H groups in total. The molecule has 1 fully saturated rings. The molecule has 4 rings (SSSR count). The summed E-state index contributed by atoms with van der Waals surface area (Å²) in [4.78, 5) is 22.1. The molecule has 1 aromatic heterocycles. The fourth-order valence-corrected chi connectivity index (χ4v) is 4.43. The van der Waals surface area contributed by atoms with E-state index < -0.39 is 0 Å². The van der Waals surface area contributed by atoms with Gasteiger partial charge >= 0.3 is 0 Å². The van der Waals surface area contributed by atoms with Crippen LogP contribution in [0.3, 0.4) is 0 Å². The number of benzene rings is 2. The lowest BCUT2D eigenvalue weighted by atomic mass is 10.0. The summed E-state index contributed by atoms with van der Waals surface area (Å²) in [5.41, 5.74) is 3.71. The quantitative estimate of drug-likeness (QED) is 0.484. The summed E-state index contributed by atoms with van der Waals surface area (Å²) in [7, 11) is 4.05. The van der Waals surface area contributed by atoms with Crippen molar-refractivity contribution in [1.29, 1.82) is 5.26 Å². The van der Waals surface area contributed by atoms with Gasteiger partial charge in [-0.2, -0.15) is 5.26 Å². The highest BCUT2D eigenvalue weighted by atomic mass is 16.3. The number of nitrogens with one attached hydrogen (secondary N) is 1. The van der Waals surface area contributed by atoms with Crippen LogP contribution in [0.4, 0.5) is 5.82 Å². The van der Waals surface area contributed by atoms with Gasteiger partial charge in [-0.05, 0) is 87.4 Å². The van der Waals surface area contributed by atoms with E-state index in [1.54, 1.807) is 24.3 Å². The SMILES string of the molecule is CN(C)CCCNC(=O)[C@@H]1CCCN1c1cc(-c2ccc(C#N)cc2)cc(-c2ccccc2O)n1. The number of anilines is 1. The number of para-hydroxylation sites is 1. The molecule has 0 aliphatic carbocycles. The minimum Gasteiger partial charge on any atom is -0.507 e. The molecule has 1 atom stereocenters. The third kappa shape index (κ3) is 5.79. The molecule has 0 bridgehead atoms. The number of aromatic nitrogens is 1. The number of phenolic OH excluding ortho intramolecular Hbond substituents is 1. The Labute approximate surface area is 206 Å². The van der Waals surface area contributed by atoms with Crippen molar-refractivity contribution < 1.29 is 9.90 Å². The van der Waals surface area contributed by atoms with Gasteiger partial charge in [-0.1, -0.05) is 24.3 Å². The van der Waals surface area contributed by atoms with Gasteiger partial charge in [0.25, 0.3) is 0 Å². The molecule has 1 saturated heterocycles. The molecular weight excluding hydrogens is 438 g/mol. The molecule has 3 aromatic rings. The summed E-state index contributed by atoms with van der Waals surface area (Å²) in [5, 5.41) is 22.7. The van der Waals surface area contributed by atoms with E-state index in [1.807, 2.05) is 50.5 Å². The number of hydrogen-bond acceptors (Lipinski definition) is 6. The lowest BCUT2D eigenvalue weighted by Gasteiger charge is -2.26. The van der Waals surface area contributed by atoms with E-state index in [0.717, 1.165) is 43.5 Å².